The van der Waals surface area contributed by atoms with Gasteiger partial charge in [-0.25, -0.2) is 0 Å². The lowest BCUT2D eigenvalue weighted by molar-refractivity contribution is -0.199. The highest BCUT2D eigenvalue weighted by molar-refractivity contribution is 5.95. The molecule has 0 amide bonds. The zero-order valence-corrected chi connectivity index (χ0v) is 28.4. The first kappa shape index (κ1) is 34.3. The van der Waals surface area contributed by atoms with Crippen molar-refractivity contribution in [1.29, 1.82) is 0 Å². The van der Waals surface area contributed by atoms with Crippen molar-refractivity contribution < 1.29 is 43.9 Å². The lowest BCUT2D eigenvalue weighted by atomic mass is 9.42. The van der Waals surface area contributed by atoms with Crippen molar-refractivity contribution in [2.45, 2.75) is 131 Å². The summed E-state index contributed by atoms with van der Waals surface area (Å²) >= 11 is 0. The second-order valence-electron chi connectivity index (χ2n) is 16.2. The molecule has 3 N–H and O–H groups in total. The minimum absolute atomic E-state index is 0.0389. The summed E-state index contributed by atoms with van der Waals surface area (Å²) in [6, 6.07) is 0. The molecule has 1 heterocycles. The number of carbonyl (C=O) groups excluding carboxylic acids is 3. The second kappa shape index (κ2) is 11.6. The number of allylic oxidation sites excluding steroid dienone is 3. The summed E-state index contributed by atoms with van der Waals surface area (Å²) in [5.74, 6) is -2.01. The maximum Gasteiger partial charge on any atom is 0.308 e. The first-order valence-corrected chi connectivity index (χ1v) is 16.8. The van der Waals surface area contributed by atoms with Crippen LogP contribution in [0.25, 0.3) is 0 Å². The molecule has 0 aromatic carbocycles. The first-order valence-electron chi connectivity index (χ1n) is 16.8. The quantitative estimate of drug-likeness (QED) is 0.274. The van der Waals surface area contributed by atoms with Gasteiger partial charge in [0.05, 0.1) is 17.6 Å². The Morgan fingerprint density at radius 3 is 2.40 bits per heavy atom. The van der Waals surface area contributed by atoms with Crippen molar-refractivity contribution >= 4 is 17.7 Å². The van der Waals surface area contributed by atoms with Gasteiger partial charge >= 0.3 is 11.9 Å². The molecule has 3 fully saturated rings. The average molecular weight is 631 g/mol. The number of hydrogen-bond acceptors (Lipinski definition) is 9. The number of ether oxygens (including phenoxy) is 3. The molecular formula is C36H54O9. The number of aliphatic hydroxyl groups excluding tert-OH is 2. The maximum atomic E-state index is 13.5. The highest BCUT2D eigenvalue weighted by atomic mass is 16.6. The molecule has 5 aliphatic rings. The van der Waals surface area contributed by atoms with Crippen LogP contribution in [0.4, 0.5) is 0 Å². The molecule has 9 heteroatoms. The predicted octanol–water partition coefficient (Wildman–Crippen LogP) is 4.51. The van der Waals surface area contributed by atoms with Gasteiger partial charge in [-0.05, 0) is 74.7 Å². The molecule has 2 saturated carbocycles. The van der Waals surface area contributed by atoms with E-state index in [4.69, 9.17) is 14.2 Å². The van der Waals surface area contributed by atoms with Gasteiger partial charge in [-0.3, -0.25) is 14.4 Å². The summed E-state index contributed by atoms with van der Waals surface area (Å²) in [7, 11) is 0. The molecule has 0 bridgehead atoms. The minimum Gasteiger partial charge on any atom is -0.462 e. The normalized spacial score (nSPS) is 43.4. The molecule has 45 heavy (non-hydrogen) atoms. The number of fused-ring (bicyclic) bond motifs is 5. The zero-order valence-electron chi connectivity index (χ0n) is 28.4. The van der Waals surface area contributed by atoms with Crippen molar-refractivity contribution in [2.75, 3.05) is 0 Å². The highest BCUT2D eigenvalue weighted by Gasteiger charge is 2.68. The molecule has 0 aromatic rings. The molecular weight excluding hydrogens is 576 g/mol. The Kier molecular flexibility index (Phi) is 8.81. The lowest BCUT2D eigenvalue weighted by Gasteiger charge is -2.63. The third-order valence-electron chi connectivity index (χ3n) is 12.7. The van der Waals surface area contributed by atoms with Crippen molar-refractivity contribution in [3.8, 4) is 0 Å². The molecule has 9 nitrogen and oxygen atoms in total. The van der Waals surface area contributed by atoms with Crippen LogP contribution in [-0.2, 0) is 28.6 Å². The third-order valence-corrected chi connectivity index (χ3v) is 12.7. The lowest BCUT2D eigenvalue weighted by Crippen LogP contribution is -2.64. The molecule has 5 rings (SSSR count). The Morgan fingerprint density at radius 1 is 1.13 bits per heavy atom. The van der Waals surface area contributed by atoms with Gasteiger partial charge in [0.2, 0.25) is 0 Å². The van der Waals surface area contributed by atoms with Crippen LogP contribution in [0, 0.1) is 51.8 Å². The van der Waals surface area contributed by atoms with Gasteiger partial charge in [-0.15, -0.1) is 0 Å². The van der Waals surface area contributed by atoms with Crippen molar-refractivity contribution in [1.82, 2.24) is 0 Å². The molecule has 0 spiro atoms. The number of aliphatic hydroxyl groups is 3. The van der Waals surface area contributed by atoms with Crippen LogP contribution < -0.4 is 0 Å². The fourth-order valence-corrected chi connectivity index (χ4v) is 10.0. The van der Waals surface area contributed by atoms with Crippen LogP contribution in [0.2, 0.25) is 0 Å². The van der Waals surface area contributed by atoms with Crippen LogP contribution in [-0.4, -0.2) is 69.3 Å². The number of carbonyl (C=O) groups is 3. The van der Waals surface area contributed by atoms with Gasteiger partial charge in [-0.1, -0.05) is 59.3 Å². The van der Waals surface area contributed by atoms with E-state index < -0.39 is 58.5 Å². The summed E-state index contributed by atoms with van der Waals surface area (Å²) in [5, 5.41) is 32.5. The summed E-state index contributed by atoms with van der Waals surface area (Å²) in [4.78, 5) is 39.3. The molecule has 13 atom stereocenters. The van der Waals surface area contributed by atoms with Gasteiger partial charge in [0.1, 0.15) is 18.3 Å². The van der Waals surface area contributed by atoms with Gasteiger partial charge in [0.15, 0.2) is 12.1 Å². The predicted molar refractivity (Wildman–Crippen MR) is 166 cm³/mol. The summed E-state index contributed by atoms with van der Waals surface area (Å²) in [5.41, 5.74) is -2.01. The van der Waals surface area contributed by atoms with E-state index in [1.54, 1.807) is 6.08 Å². The van der Waals surface area contributed by atoms with Crippen molar-refractivity contribution in [3.05, 3.63) is 23.8 Å². The maximum absolute atomic E-state index is 13.5. The molecule has 1 aliphatic heterocycles. The van der Waals surface area contributed by atoms with Crippen LogP contribution in [0.5, 0.6) is 0 Å². The number of rotatable bonds is 7. The number of hydrogen-bond donors (Lipinski definition) is 3. The van der Waals surface area contributed by atoms with Crippen LogP contribution in [0.1, 0.15) is 94.4 Å². The molecule has 4 aliphatic carbocycles. The van der Waals surface area contributed by atoms with E-state index >= 15 is 0 Å². The van der Waals surface area contributed by atoms with E-state index in [2.05, 4.69) is 19.9 Å². The van der Waals surface area contributed by atoms with E-state index in [0.29, 0.717) is 32.1 Å². The average Bonchev–Trinajstić information content (AvgIpc) is 3.48. The van der Waals surface area contributed by atoms with Gasteiger partial charge in [0.25, 0.3) is 0 Å². The van der Waals surface area contributed by atoms with Crippen molar-refractivity contribution in [3.63, 3.8) is 0 Å². The Balaban J connectivity index is 1.60. The third kappa shape index (κ3) is 5.53. The van der Waals surface area contributed by atoms with Gasteiger partial charge in [0, 0.05) is 30.1 Å². The topological polar surface area (TPSA) is 140 Å². The van der Waals surface area contributed by atoms with Crippen molar-refractivity contribution in [2.24, 2.45) is 51.8 Å². The highest BCUT2D eigenvalue weighted by Crippen LogP contribution is 2.69. The molecule has 0 aromatic heterocycles. The smallest absolute Gasteiger partial charge is 0.308 e. The monoisotopic (exact) mass is 630 g/mol. The number of ketones is 1. The molecule has 1 saturated heterocycles. The minimum atomic E-state index is -1.40. The Bertz CT molecular complexity index is 1260. The van der Waals surface area contributed by atoms with Gasteiger partial charge < -0.3 is 29.5 Å². The number of esters is 2. The fourth-order valence-electron chi connectivity index (χ4n) is 10.0. The van der Waals surface area contributed by atoms with Crippen LogP contribution in [0.15, 0.2) is 23.8 Å². The molecule has 252 valence electrons. The van der Waals surface area contributed by atoms with Crippen LogP contribution in [0.3, 0.4) is 0 Å². The second-order valence-corrected chi connectivity index (χ2v) is 16.2. The molecule has 0 radical (unpaired) electrons. The Morgan fingerprint density at radius 2 is 1.80 bits per heavy atom. The summed E-state index contributed by atoms with van der Waals surface area (Å²) in [6.45, 7) is 16.5. The van der Waals surface area contributed by atoms with E-state index in [0.717, 1.165) is 5.57 Å². The van der Waals surface area contributed by atoms with E-state index in [-0.39, 0.29) is 47.3 Å². The van der Waals surface area contributed by atoms with E-state index in [9.17, 15) is 29.7 Å². The summed E-state index contributed by atoms with van der Waals surface area (Å²) < 4.78 is 18.5. The van der Waals surface area contributed by atoms with Crippen LogP contribution >= 0.6 is 0 Å². The summed E-state index contributed by atoms with van der Waals surface area (Å²) in [6.07, 6.45) is 4.49. The first-order chi connectivity index (χ1) is 20.8. The largest absolute Gasteiger partial charge is 0.462 e. The SMILES string of the molecule is CC[C@@H](C)C(=O)O[C@@H]1C[C@]2(C)C(=CC[C@H]2[C@@H]2C[C@H]([C@H](O)C(C)(C)O)O[C@@H]2O)[C@H]2[C@H]1[C@@]1(C)C=CC(=O)C(C)(C)[C@@H]1C[C@H]2OC(C)=O. The Labute approximate surface area is 267 Å². The fraction of sp³-hybridized carbons (Fsp3) is 0.806. The standard InChI is InChI=1S/C36H54O9/c1-10-18(2)31(40)45-25-17-36(9)21(20-15-24(44-32(20)41)30(39)34(6,7)42)11-12-22(36)28-23(43-19(3)37)16-26-33(4,5)27(38)13-14-35(26,8)29(25)28/h12-14,18,20-21,23-26,28-30,32,39,41-42H,10-11,15-17H2,1-9H3/t18-,20+,21+,23-,24-,25-,26+,28-,29+,30+,32+,35+,36+/m1/s1. The Hall–Kier alpha value is -2.07. The zero-order chi connectivity index (χ0) is 33.4. The van der Waals surface area contributed by atoms with Gasteiger partial charge in [-0.2, -0.15) is 0 Å². The van der Waals surface area contributed by atoms with E-state index in [1.165, 1.54) is 20.8 Å². The van der Waals surface area contributed by atoms with E-state index in [1.807, 2.05) is 33.8 Å². The molecule has 0 unspecified atom stereocenters.